The molecule has 3 fully saturated rings. The highest BCUT2D eigenvalue weighted by Crippen LogP contribution is 2.39. The number of rotatable bonds is 8. The van der Waals surface area contributed by atoms with Gasteiger partial charge in [-0.3, -0.25) is 9.69 Å². The lowest BCUT2D eigenvalue weighted by Gasteiger charge is -2.32. The molecule has 0 spiro atoms. The zero-order valence-electron chi connectivity index (χ0n) is 18.4. The summed E-state index contributed by atoms with van der Waals surface area (Å²) < 4.78 is 17.9. The maximum absolute atomic E-state index is 12.4. The minimum Gasteiger partial charge on any atom is -0.476 e. The highest BCUT2D eigenvalue weighted by atomic mass is 32.2. The number of piperazine rings is 1. The summed E-state index contributed by atoms with van der Waals surface area (Å²) in [6.45, 7) is 5.14. The Morgan fingerprint density at radius 3 is 2.59 bits per heavy atom. The van der Waals surface area contributed by atoms with Gasteiger partial charge in [0.2, 0.25) is 11.8 Å². The fraction of sp³-hybridized carbons (Fsp3) is 0.700. The van der Waals surface area contributed by atoms with Gasteiger partial charge >= 0.3 is 6.09 Å². The SMILES string of the molecule is COOSN1CCN(c2cnc(OCC3CCN(C(=O)OC4(C)CC4)CC3)cn2)C(=O)C1. The van der Waals surface area contributed by atoms with Crippen LogP contribution in [0.3, 0.4) is 0 Å². The molecule has 3 aliphatic rings. The zero-order chi connectivity index (χ0) is 22.6. The predicted molar refractivity (Wildman–Crippen MR) is 116 cm³/mol. The van der Waals surface area contributed by atoms with Crippen LogP contribution >= 0.6 is 12.2 Å². The summed E-state index contributed by atoms with van der Waals surface area (Å²) >= 11 is 1.01. The smallest absolute Gasteiger partial charge is 0.410 e. The molecule has 3 heterocycles. The first kappa shape index (κ1) is 23.0. The monoisotopic (exact) mass is 467 g/mol. The second-order valence-corrected chi connectivity index (χ2v) is 9.29. The summed E-state index contributed by atoms with van der Waals surface area (Å²) in [5.41, 5.74) is -0.239. The largest absolute Gasteiger partial charge is 0.476 e. The third kappa shape index (κ3) is 6.00. The van der Waals surface area contributed by atoms with Gasteiger partial charge in [0.1, 0.15) is 17.8 Å². The van der Waals surface area contributed by atoms with Crippen molar-refractivity contribution in [2.45, 2.75) is 38.2 Å². The molecule has 2 saturated heterocycles. The normalized spacial score (nSPS) is 21.5. The van der Waals surface area contributed by atoms with Crippen molar-refractivity contribution >= 4 is 30.0 Å². The maximum Gasteiger partial charge on any atom is 0.410 e. The molecule has 32 heavy (non-hydrogen) atoms. The fourth-order valence-electron chi connectivity index (χ4n) is 3.59. The summed E-state index contributed by atoms with van der Waals surface area (Å²) in [6.07, 6.45) is 6.53. The van der Waals surface area contributed by atoms with Crippen LogP contribution in [-0.2, 0) is 18.8 Å². The van der Waals surface area contributed by atoms with E-state index in [2.05, 4.69) is 14.9 Å². The van der Waals surface area contributed by atoms with Crippen molar-refractivity contribution < 1.29 is 28.3 Å². The quantitative estimate of drug-likeness (QED) is 0.244. The van der Waals surface area contributed by atoms with E-state index in [-0.39, 0.29) is 24.1 Å². The molecule has 1 aliphatic carbocycles. The number of likely N-dealkylation sites (tertiary alicyclic amines) is 1. The average molecular weight is 468 g/mol. The Morgan fingerprint density at radius 1 is 1.19 bits per heavy atom. The third-order valence-electron chi connectivity index (χ3n) is 5.91. The lowest BCUT2D eigenvalue weighted by atomic mass is 9.98. The van der Waals surface area contributed by atoms with Crippen LogP contribution < -0.4 is 9.64 Å². The van der Waals surface area contributed by atoms with E-state index in [1.54, 1.807) is 26.5 Å². The van der Waals surface area contributed by atoms with Crippen LogP contribution in [0.4, 0.5) is 10.6 Å². The van der Waals surface area contributed by atoms with Gasteiger partial charge < -0.3 is 14.4 Å². The fourth-order valence-corrected chi connectivity index (χ4v) is 4.06. The van der Waals surface area contributed by atoms with Crippen LogP contribution in [0.25, 0.3) is 0 Å². The van der Waals surface area contributed by atoms with Crippen LogP contribution in [0, 0.1) is 5.92 Å². The predicted octanol–water partition coefficient (Wildman–Crippen LogP) is 2.05. The van der Waals surface area contributed by atoms with E-state index in [9.17, 15) is 9.59 Å². The van der Waals surface area contributed by atoms with Crippen LogP contribution in [0.1, 0.15) is 32.6 Å². The molecular weight excluding hydrogens is 438 g/mol. The average Bonchev–Trinajstić information content (AvgIpc) is 3.53. The first-order chi connectivity index (χ1) is 15.5. The molecule has 11 nitrogen and oxygen atoms in total. The van der Waals surface area contributed by atoms with E-state index in [4.69, 9.17) is 13.8 Å². The van der Waals surface area contributed by atoms with Crippen molar-refractivity contribution in [3.8, 4) is 5.88 Å². The van der Waals surface area contributed by atoms with Gasteiger partial charge in [-0.15, -0.1) is 4.33 Å². The Bertz CT molecular complexity index is 800. The molecule has 1 saturated carbocycles. The van der Waals surface area contributed by atoms with Crippen LogP contribution in [0.15, 0.2) is 12.4 Å². The Hall–Kier alpha value is -2.15. The van der Waals surface area contributed by atoms with Crippen molar-refractivity contribution in [1.29, 1.82) is 0 Å². The molecule has 176 valence electrons. The van der Waals surface area contributed by atoms with Gasteiger partial charge in [0.25, 0.3) is 0 Å². The van der Waals surface area contributed by atoms with Crippen molar-refractivity contribution in [2.24, 2.45) is 5.92 Å². The van der Waals surface area contributed by atoms with Crippen molar-refractivity contribution in [1.82, 2.24) is 19.2 Å². The van der Waals surface area contributed by atoms with Gasteiger partial charge in [-0.25, -0.2) is 24.0 Å². The number of anilines is 1. The molecule has 0 unspecified atom stereocenters. The van der Waals surface area contributed by atoms with Gasteiger partial charge in [0, 0.05) is 26.2 Å². The Kier molecular flexibility index (Phi) is 7.33. The molecule has 2 amide bonds. The van der Waals surface area contributed by atoms with Crippen molar-refractivity contribution in [3.63, 3.8) is 0 Å². The van der Waals surface area contributed by atoms with E-state index in [0.29, 0.717) is 50.4 Å². The zero-order valence-corrected chi connectivity index (χ0v) is 19.2. The topological polar surface area (TPSA) is 107 Å². The summed E-state index contributed by atoms with van der Waals surface area (Å²) in [7, 11) is 1.42. The van der Waals surface area contributed by atoms with Gasteiger partial charge in [0.05, 0.1) is 32.7 Å². The van der Waals surface area contributed by atoms with Crippen LogP contribution in [0.2, 0.25) is 0 Å². The highest BCUT2D eigenvalue weighted by molar-refractivity contribution is 7.92. The van der Waals surface area contributed by atoms with Gasteiger partial charge in [0.15, 0.2) is 5.82 Å². The number of carbonyl (C=O) groups is 2. The molecule has 4 rings (SSSR count). The number of aromatic nitrogens is 2. The number of piperidine rings is 1. The van der Waals surface area contributed by atoms with Crippen molar-refractivity contribution in [2.75, 3.05) is 51.3 Å². The molecule has 0 radical (unpaired) electrons. The van der Waals surface area contributed by atoms with Gasteiger partial charge in [-0.1, -0.05) is 0 Å². The number of nitrogens with zero attached hydrogens (tertiary/aromatic N) is 5. The standard InChI is InChI=1S/C20H29N5O6S/c1-20(5-6-20)30-19(27)23-7-3-15(4-8-23)14-29-17-12-21-16(11-22-17)25-10-9-24(13-18(25)26)32-31-28-2/h11-12,15H,3-10,13-14H2,1-2H3. The molecule has 0 bridgehead atoms. The summed E-state index contributed by atoms with van der Waals surface area (Å²) in [4.78, 5) is 41.2. The molecule has 12 heteroatoms. The van der Waals surface area contributed by atoms with E-state index < -0.39 is 0 Å². The number of hydrogen-bond acceptors (Lipinski definition) is 10. The molecule has 2 aliphatic heterocycles. The molecule has 1 aromatic rings. The van der Waals surface area contributed by atoms with E-state index in [1.165, 1.54) is 7.11 Å². The minimum absolute atomic E-state index is 0.0904. The molecule has 0 N–H and O–H groups in total. The van der Waals surface area contributed by atoms with Crippen molar-refractivity contribution in [3.05, 3.63) is 12.4 Å². The lowest BCUT2D eigenvalue weighted by molar-refractivity contribution is -0.164. The first-order valence-corrected chi connectivity index (χ1v) is 11.5. The Morgan fingerprint density at radius 2 is 1.97 bits per heavy atom. The minimum atomic E-state index is -0.239. The number of ether oxygens (including phenoxy) is 2. The molecular formula is C20H29N5O6S. The molecule has 0 aromatic carbocycles. The lowest BCUT2D eigenvalue weighted by Crippen LogP contribution is -2.48. The second-order valence-electron chi connectivity index (χ2n) is 8.49. The second kappa shape index (κ2) is 10.2. The maximum atomic E-state index is 12.4. The summed E-state index contributed by atoms with van der Waals surface area (Å²) in [6, 6.07) is 0. The van der Waals surface area contributed by atoms with E-state index in [1.807, 2.05) is 6.92 Å². The Labute approximate surface area is 191 Å². The molecule has 1 aromatic heterocycles. The van der Waals surface area contributed by atoms with E-state index in [0.717, 1.165) is 37.9 Å². The summed E-state index contributed by atoms with van der Waals surface area (Å²) in [5.74, 6) is 1.18. The summed E-state index contributed by atoms with van der Waals surface area (Å²) in [5, 5.41) is 0. The number of amides is 2. The highest BCUT2D eigenvalue weighted by Gasteiger charge is 2.43. The van der Waals surface area contributed by atoms with Crippen LogP contribution in [0.5, 0.6) is 5.88 Å². The first-order valence-electron chi connectivity index (χ1n) is 10.8. The Balaban J connectivity index is 1.19. The number of carbonyl (C=O) groups excluding carboxylic acids is 2. The molecule has 0 atom stereocenters. The van der Waals surface area contributed by atoms with Crippen LogP contribution in [-0.4, -0.2) is 83.2 Å². The third-order valence-corrected chi connectivity index (χ3v) is 6.63. The van der Waals surface area contributed by atoms with Gasteiger partial charge in [-0.2, -0.15) is 0 Å². The number of hydrogen-bond donors (Lipinski definition) is 0. The van der Waals surface area contributed by atoms with E-state index >= 15 is 0 Å². The van der Waals surface area contributed by atoms with Gasteiger partial charge in [-0.05, 0) is 38.5 Å².